The van der Waals surface area contributed by atoms with Gasteiger partial charge in [-0.05, 0) is 30.9 Å². The molecule has 14 heavy (non-hydrogen) atoms. The predicted molar refractivity (Wildman–Crippen MR) is 57.5 cm³/mol. The van der Waals surface area contributed by atoms with Gasteiger partial charge in [0.2, 0.25) is 0 Å². The van der Waals surface area contributed by atoms with E-state index in [1.54, 1.807) is 0 Å². The molecule has 0 N–H and O–H groups in total. The van der Waals surface area contributed by atoms with Crippen molar-refractivity contribution in [1.82, 2.24) is 0 Å². The zero-order valence-corrected chi connectivity index (χ0v) is 9.61. The van der Waals surface area contributed by atoms with Crippen LogP contribution in [0.5, 0.6) is 0 Å². The zero-order chi connectivity index (χ0) is 10.4. The van der Waals surface area contributed by atoms with E-state index in [9.17, 15) is 4.79 Å². The first-order valence-corrected chi connectivity index (χ1v) is 5.93. The molecule has 0 heterocycles. The van der Waals surface area contributed by atoms with Crippen LogP contribution in [0.3, 0.4) is 0 Å². The van der Waals surface area contributed by atoms with E-state index < -0.39 is 5.60 Å². The maximum absolute atomic E-state index is 11.4. The molecule has 0 aromatic heterocycles. The van der Waals surface area contributed by atoms with Gasteiger partial charge >= 0.3 is 0 Å². The molecule has 1 rings (SSSR count). The van der Waals surface area contributed by atoms with Gasteiger partial charge in [0.25, 0.3) is 5.24 Å². The Morgan fingerprint density at radius 2 is 2.00 bits per heavy atom. The molecule has 0 amide bonds. The lowest BCUT2D eigenvalue weighted by Crippen LogP contribution is -2.41. The first-order valence-electron chi connectivity index (χ1n) is 5.55. The highest BCUT2D eigenvalue weighted by atomic mass is 35.5. The summed E-state index contributed by atoms with van der Waals surface area (Å²) in [5, 5.41) is -0.298. The van der Waals surface area contributed by atoms with Crippen molar-refractivity contribution in [2.24, 2.45) is 0 Å². The van der Waals surface area contributed by atoms with Crippen LogP contribution >= 0.6 is 11.6 Å². The third kappa shape index (κ3) is 2.96. The van der Waals surface area contributed by atoms with E-state index in [0.29, 0.717) is 6.61 Å². The Balaban J connectivity index is 2.47. The van der Waals surface area contributed by atoms with Gasteiger partial charge in [-0.25, -0.2) is 0 Å². The number of hydrogen-bond acceptors (Lipinski definition) is 2. The molecular weight excluding hydrogens is 200 g/mol. The number of unbranched alkanes of at least 4 members (excludes halogenated alkanes) is 1. The van der Waals surface area contributed by atoms with Crippen LogP contribution in [0.25, 0.3) is 0 Å². The third-order valence-corrected chi connectivity index (χ3v) is 3.24. The van der Waals surface area contributed by atoms with Gasteiger partial charge in [-0.3, -0.25) is 4.79 Å². The molecule has 0 radical (unpaired) electrons. The third-order valence-electron chi connectivity index (χ3n) is 2.90. The van der Waals surface area contributed by atoms with Crippen molar-refractivity contribution in [3.05, 3.63) is 0 Å². The summed E-state index contributed by atoms with van der Waals surface area (Å²) in [5.74, 6) is 0. The van der Waals surface area contributed by atoms with Crippen molar-refractivity contribution in [2.45, 2.75) is 57.5 Å². The van der Waals surface area contributed by atoms with E-state index in [1.165, 1.54) is 6.42 Å². The lowest BCUT2D eigenvalue weighted by Gasteiger charge is -2.33. The van der Waals surface area contributed by atoms with Crippen molar-refractivity contribution in [3.63, 3.8) is 0 Å². The Kier molecular flexibility index (Phi) is 4.90. The molecule has 0 aliphatic heterocycles. The summed E-state index contributed by atoms with van der Waals surface area (Å²) in [6.45, 7) is 2.77. The van der Waals surface area contributed by atoms with Crippen molar-refractivity contribution >= 4 is 16.8 Å². The Hall–Kier alpha value is -0.0800. The normalized spacial score (nSPS) is 20.7. The summed E-state index contributed by atoms with van der Waals surface area (Å²) >= 11 is 5.63. The first-order chi connectivity index (χ1) is 6.71. The van der Waals surface area contributed by atoms with Crippen LogP contribution in [0.1, 0.15) is 51.9 Å². The van der Waals surface area contributed by atoms with Crippen molar-refractivity contribution < 1.29 is 9.53 Å². The molecule has 0 saturated heterocycles. The van der Waals surface area contributed by atoms with E-state index in [-0.39, 0.29) is 5.24 Å². The molecule has 1 saturated carbocycles. The molecule has 2 nitrogen and oxygen atoms in total. The average Bonchev–Trinajstić information content (AvgIpc) is 2.19. The van der Waals surface area contributed by atoms with Crippen molar-refractivity contribution in [2.75, 3.05) is 6.61 Å². The topological polar surface area (TPSA) is 26.3 Å². The molecule has 0 atom stereocenters. The molecule has 0 aromatic carbocycles. The minimum absolute atomic E-state index is 0.298. The molecular formula is C11H19ClO2. The lowest BCUT2D eigenvalue weighted by atomic mass is 9.85. The predicted octanol–water partition coefficient (Wildman–Crippen LogP) is 3.27. The number of carbonyl (C=O) groups is 1. The van der Waals surface area contributed by atoms with Crippen molar-refractivity contribution in [3.8, 4) is 0 Å². The molecule has 0 unspecified atom stereocenters. The highest BCUT2D eigenvalue weighted by molar-refractivity contribution is 6.65. The number of ether oxygens (including phenoxy) is 1. The van der Waals surface area contributed by atoms with E-state index in [2.05, 4.69) is 6.92 Å². The van der Waals surface area contributed by atoms with Gasteiger partial charge in [0.15, 0.2) is 0 Å². The van der Waals surface area contributed by atoms with Crippen molar-refractivity contribution in [1.29, 1.82) is 0 Å². The van der Waals surface area contributed by atoms with Gasteiger partial charge in [-0.15, -0.1) is 0 Å². The fourth-order valence-corrected chi connectivity index (χ4v) is 2.18. The lowest BCUT2D eigenvalue weighted by molar-refractivity contribution is -0.141. The van der Waals surface area contributed by atoms with Crippen LogP contribution in [-0.2, 0) is 9.53 Å². The van der Waals surface area contributed by atoms with E-state index in [1.807, 2.05) is 0 Å². The van der Waals surface area contributed by atoms with Crippen LogP contribution < -0.4 is 0 Å². The number of halogens is 1. The number of hydrogen-bond donors (Lipinski definition) is 0. The van der Waals surface area contributed by atoms with Crippen LogP contribution in [0.4, 0.5) is 0 Å². The van der Waals surface area contributed by atoms with Gasteiger partial charge in [0, 0.05) is 6.61 Å². The zero-order valence-electron chi connectivity index (χ0n) is 8.85. The Morgan fingerprint density at radius 3 is 2.50 bits per heavy atom. The van der Waals surface area contributed by atoms with Gasteiger partial charge in [0.1, 0.15) is 5.60 Å². The highest BCUT2D eigenvalue weighted by Crippen LogP contribution is 2.33. The molecule has 0 bridgehead atoms. The Labute approximate surface area is 91.0 Å². The van der Waals surface area contributed by atoms with E-state index in [4.69, 9.17) is 16.3 Å². The standard InChI is InChI=1S/C11H19ClO2/c1-2-3-9-14-11(10(12)13)7-5-4-6-8-11/h2-9H2,1H3. The monoisotopic (exact) mass is 218 g/mol. The molecule has 0 spiro atoms. The fourth-order valence-electron chi connectivity index (χ4n) is 1.93. The highest BCUT2D eigenvalue weighted by Gasteiger charge is 2.39. The van der Waals surface area contributed by atoms with Gasteiger partial charge in [0.05, 0.1) is 0 Å². The molecule has 1 aliphatic rings. The van der Waals surface area contributed by atoms with E-state index >= 15 is 0 Å². The fraction of sp³-hybridized carbons (Fsp3) is 0.909. The molecule has 1 fully saturated rings. The van der Waals surface area contributed by atoms with Crippen LogP contribution in [0, 0.1) is 0 Å². The second-order valence-corrected chi connectivity index (χ2v) is 4.37. The second-order valence-electron chi connectivity index (χ2n) is 4.03. The van der Waals surface area contributed by atoms with Crippen LogP contribution in [0.2, 0.25) is 0 Å². The largest absolute Gasteiger partial charge is 0.366 e. The van der Waals surface area contributed by atoms with Crippen LogP contribution in [0.15, 0.2) is 0 Å². The Morgan fingerprint density at radius 1 is 1.36 bits per heavy atom. The Bertz CT molecular complexity index is 186. The second kappa shape index (κ2) is 5.72. The quantitative estimate of drug-likeness (QED) is 0.523. The SMILES string of the molecule is CCCCOC1(C(=O)Cl)CCCCC1. The summed E-state index contributed by atoms with van der Waals surface area (Å²) in [5.41, 5.74) is -0.644. The maximum atomic E-state index is 11.4. The van der Waals surface area contributed by atoms with Gasteiger partial charge < -0.3 is 4.74 Å². The summed E-state index contributed by atoms with van der Waals surface area (Å²) < 4.78 is 5.69. The first kappa shape index (κ1) is 12.0. The molecule has 82 valence electrons. The number of rotatable bonds is 5. The maximum Gasteiger partial charge on any atom is 0.253 e. The number of carbonyl (C=O) groups excluding carboxylic acids is 1. The molecule has 1 aliphatic carbocycles. The van der Waals surface area contributed by atoms with Gasteiger partial charge in [-0.2, -0.15) is 0 Å². The average molecular weight is 219 g/mol. The van der Waals surface area contributed by atoms with E-state index in [0.717, 1.165) is 38.5 Å². The summed E-state index contributed by atoms with van der Waals surface area (Å²) in [6.07, 6.45) is 7.02. The smallest absolute Gasteiger partial charge is 0.253 e. The summed E-state index contributed by atoms with van der Waals surface area (Å²) in [7, 11) is 0. The van der Waals surface area contributed by atoms with Gasteiger partial charge in [-0.1, -0.05) is 32.6 Å². The molecule has 3 heteroatoms. The minimum Gasteiger partial charge on any atom is -0.366 e. The summed E-state index contributed by atoms with van der Waals surface area (Å²) in [4.78, 5) is 11.4. The van der Waals surface area contributed by atoms with Crippen LogP contribution in [-0.4, -0.2) is 17.5 Å². The summed E-state index contributed by atoms with van der Waals surface area (Å²) in [6, 6.07) is 0. The molecule has 0 aromatic rings. The minimum atomic E-state index is -0.644.